The van der Waals surface area contributed by atoms with Crippen LogP contribution in [0.1, 0.15) is 35.8 Å². The average molecular weight is 298 g/mol. The van der Waals surface area contributed by atoms with Crippen LogP contribution < -0.4 is 0 Å². The molecular weight excluding hydrogens is 274 g/mol. The van der Waals surface area contributed by atoms with E-state index in [0.717, 1.165) is 38.0 Å². The highest BCUT2D eigenvalue weighted by Crippen LogP contribution is 2.14. The van der Waals surface area contributed by atoms with E-state index in [2.05, 4.69) is 16.8 Å². The van der Waals surface area contributed by atoms with Gasteiger partial charge in [-0.3, -0.25) is 4.79 Å². The molecule has 0 aliphatic heterocycles. The van der Waals surface area contributed by atoms with E-state index in [-0.39, 0.29) is 5.91 Å². The van der Waals surface area contributed by atoms with Crippen LogP contribution in [0.3, 0.4) is 0 Å². The summed E-state index contributed by atoms with van der Waals surface area (Å²) in [5.41, 5.74) is 1.51. The highest BCUT2D eigenvalue weighted by Gasteiger charge is 2.13. The third kappa shape index (κ3) is 5.47. The Morgan fingerprint density at radius 3 is 2.55 bits per heavy atom. The molecule has 1 amide bonds. The minimum Gasteiger partial charge on any atom is -0.342 e. The average Bonchev–Trinajstić information content (AvgIpc) is 2.37. The fourth-order valence-electron chi connectivity index (χ4n) is 2.00. The predicted molar refractivity (Wildman–Crippen MR) is 83.4 cm³/mol. The molecule has 0 N–H and O–H groups in total. The first kappa shape index (κ1) is 16.9. The van der Waals surface area contributed by atoms with Crippen LogP contribution in [-0.4, -0.2) is 54.9 Å². The molecular formula is C15H24ClN3O. The molecule has 1 rings (SSSR count). The molecule has 0 saturated carbocycles. The fraction of sp³-hybridized carbons (Fsp3) is 0.600. The molecule has 0 aliphatic carbocycles. The van der Waals surface area contributed by atoms with Gasteiger partial charge in [-0.25, -0.2) is 4.98 Å². The minimum atomic E-state index is 0.00501. The van der Waals surface area contributed by atoms with Crippen molar-refractivity contribution in [3.05, 3.63) is 28.5 Å². The van der Waals surface area contributed by atoms with E-state index < -0.39 is 0 Å². The summed E-state index contributed by atoms with van der Waals surface area (Å²) in [7, 11) is 5.88. The molecule has 0 spiro atoms. The standard InChI is InChI=1S/C15H24ClN3O/c1-5-7-13-10-12(11-14(16)17-13)15(20)19(4)9-6-8-18(2)3/h10-11H,5-9H2,1-4H3. The van der Waals surface area contributed by atoms with E-state index >= 15 is 0 Å². The molecule has 0 bridgehead atoms. The number of aromatic nitrogens is 1. The number of nitrogens with zero attached hydrogens (tertiary/aromatic N) is 3. The molecule has 0 saturated heterocycles. The molecule has 0 unspecified atom stereocenters. The Labute approximate surface area is 126 Å². The van der Waals surface area contributed by atoms with Gasteiger partial charge in [-0.15, -0.1) is 0 Å². The van der Waals surface area contributed by atoms with E-state index in [0.29, 0.717) is 10.7 Å². The van der Waals surface area contributed by atoms with Gasteiger partial charge in [-0.1, -0.05) is 24.9 Å². The van der Waals surface area contributed by atoms with Gasteiger partial charge in [0.05, 0.1) is 0 Å². The van der Waals surface area contributed by atoms with Gasteiger partial charge in [0.2, 0.25) is 0 Å². The number of amides is 1. The monoisotopic (exact) mass is 297 g/mol. The normalized spacial score (nSPS) is 10.9. The summed E-state index contributed by atoms with van der Waals surface area (Å²) < 4.78 is 0. The first-order valence-corrected chi connectivity index (χ1v) is 7.38. The zero-order valence-electron chi connectivity index (χ0n) is 12.8. The van der Waals surface area contributed by atoms with Gasteiger partial charge in [0.15, 0.2) is 0 Å². The van der Waals surface area contributed by atoms with Gasteiger partial charge >= 0.3 is 0 Å². The van der Waals surface area contributed by atoms with Crippen LogP contribution in [0.25, 0.3) is 0 Å². The van der Waals surface area contributed by atoms with Crippen molar-refractivity contribution in [1.82, 2.24) is 14.8 Å². The Bertz CT molecular complexity index is 449. The van der Waals surface area contributed by atoms with Crippen LogP contribution in [0, 0.1) is 0 Å². The van der Waals surface area contributed by atoms with Crippen LogP contribution in [0.4, 0.5) is 0 Å². The van der Waals surface area contributed by atoms with Crippen molar-refractivity contribution in [1.29, 1.82) is 0 Å². The second-order valence-corrected chi connectivity index (χ2v) is 5.69. The largest absolute Gasteiger partial charge is 0.342 e. The Morgan fingerprint density at radius 1 is 1.25 bits per heavy atom. The van der Waals surface area contributed by atoms with Gasteiger partial charge in [0.1, 0.15) is 5.15 Å². The van der Waals surface area contributed by atoms with Crippen molar-refractivity contribution in [2.75, 3.05) is 34.2 Å². The number of pyridine rings is 1. The molecule has 5 heteroatoms. The third-order valence-electron chi connectivity index (χ3n) is 3.05. The molecule has 1 aromatic heterocycles. The van der Waals surface area contributed by atoms with Gasteiger partial charge in [-0.05, 0) is 45.6 Å². The number of carbonyl (C=O) groups excluding carboxylic acids is 1. The number of carbonyl (C=O) groups is 1. The van der Waals surface area contributed by atoms with E-state index in [1.54, 1.807) is 11.0 Å². The quantitative estimate of drug-likeness (QED) is 0.726. The lowest BCUT2D eigenvalue weighted by Gasteiger charge is -2.19. The van der Waals surface area contributed by atoms with Crippen molar-refractivity contribution in [2.45, 2.75) is 26.2 Å². The first-order chi connectivity index (χ1) is 9.43. The van der Waals surface area contributed by atoms with E-state index in [9.17, 15) is 4.79 Å². The summed E-state index contributed by atoms with van der Waals surface area (Å²) >= 11 is 5.99. The lowest BCUT2D eigenvalue weighted by Crippen LogP contribution is -2.29. The molecule has 0 fully saturated rings. The summed E-state index contributed by atoms with van der Waals surface area (Å²) in [6, 6.07) is 3.49. The maximum Gasteiger partial charge on any atom is 0.253 e. The maximum atomic E-state index is 12.4. The second-order valence-electron chi connectivity index (χ2n) is 5.30. The number of hydrogen-bond acceptors (Lipinski definition) is 3. The molecule has 0 radical (unpaired) electrons. The molecule has 112 valence electrons. The van der Waals surface area contributed by atoms with Crippen LogP contribution in [0.15, 0.2) is 12.1 Å². The number of rotatable bonds is 7. The summed E-state index contributed by atoms with van der Waals surface area (Å²) in [4.78, 5) is 20.4. The lowest BCUT2D eigenvalue weighted by molar-refractivity contribution is 0.0790. The van der Waals surface area contributed by atoms with Crippen molar-refractivity contribution in [2.24, 2.45) is 0 Å². The lowest BCUT2D eigenvalue weighted by atomic mass is 10.1. The zero-order chi connectivity index (χ0) is 15.1. The molecule has 20 heavy (non-hydrogen) atoms. The summed E-state index contributed by atoms with van der Waals surface area (Å²) in [6.45, 7) is 3.79. The number of aryl methyl sites for hydroxylation is 1. The summed E-state index contributed by atoms with van der Waals surface area (Å²) in [6.07, 6.45) is 2.78. The second kappa shape index (κ2) is 8.22. The van der Waals surface area contributed by atoms with Crippen molar-refractivity contribution in [3.63, 3.8) is 0 Å². The number of hydrogen-bond donors (Lipinski definition) is 0. The predicted octanol–water partition coefficient (Wildman–Crippen LogP) is 2.71. The maximum absolute atomic E-state index is 12.4. The molecule has 1 aromatic rings. The molecule has 0 aliphatic rings. The van der Waals surface area contributed by atoms with Crippen molar-refractivity contribution >= 4 is 17.5 Å². The summed E-state index contributed by atoms with van der Waals surface area (Å²) in [5, 5.41) is 0.390. The van der Waals surface area contributed by atoms with Gasteiger partial charge in [0, 0.05) is 24.8 Å². The zero-order valence-corrected chi connectivity index (χ0v) is 13.6. The number of halogens is 1. The SMILES string of the molecule is CCCc1cc(C(=O)N(C)CCCN(C)C)cc(Cl)n1. The van der Waals surface area contributed by atoms with Crippen LogP contribution in [0.5, 0.6) is 0 Å². The highest BCUT2D eigenvalue weighted by atomic mass is 35.5. The molecule has 0 aromatic carbocycles. The van der Waals surface area contributed by atoms with E-state index in [4.69, 9.17) is 11.6 Å². The highest BCUT2D eigenvalue weighted by molar-refractivity contribution is 6.29. The Kier molecular flexibility index (Phi) is 6.96. The van der Waals surface area contributed by atoms with Crippen LogP contribution in [0.2, 0.25) is 5.15 Å². The Hall–Kier alpha value is -1.13. The molecule has 0 atom stereocenters. The van der Waals surface area contributed by atoms with Gasteiger partial charge in [-0.2, -0.15) is 0 Å². The third-order valence-corrected chi connectivity index (χ3v) is 3.24. The van der Waals surface area contributed by atoms with Crippen molar-refractivity contribution < 1.29 is 4.79 Å². The summed E-state index contributed by atoms with van der Waals surface area (Å²) in [5.74, 6) is 0.00501. The van der Waals surface area contributed by atoms with Gasteiger partial charge < -0.3 is 9.80 Å². The van der Waals surface area contributed by atoms with E-state index in [1.165, 1.54) is 0 Å². The van der Waals surface area contributed by atoms with Gasteiger partial charge in [0.25, 0.3) is 5.91 Å². The molecule has 4 nitrogen and oxygen atoms in total. The minimum absolute atomic E-state index is 0.00501. The fourth-order valence-corrected chi connectivity index (χ4v) is 2.23. The molecule has 1 heterocycles. The van der Waals surface area contributed by atoms with E-state index in [1.807, 2.05) is 27.2 Å². The topological polar surface area (TPSA) is 36.4 Å². The van der Waals surface area contributed by atoms with Crippen LogP contribution >= 0.6 is 11.6 Å². The van der Waals surface area contributed by atoms with Crippen molar-refractivity contribution in [3.8, 4) is 0 Å². The Balaban J connectivity index is 2.70. The smallest absolute Gasteiger partial charge is 0.253 e. The Morgan fingerprint density at radius 2 is 1.95 bits per heavy atom. The first-order valence-electron chi connectivity index (χ1n) is 7.00. The van der Waals surface area contributed by atoms with Crippen LogP contribution in [-0.2, 0) is 6.42 Å².